The highest BCUT2D eigenvalue weighted by molar-refractivity contribution is 3.94. The molecule has 0 amide bonds. The van der Waals surface area contributed by atoms with Gasteiger partial charge in [-0.25, -0.2) is 0 Å². The highest BCUT2D eigenvalue weighted by atomic mass is 16.7. The summed E-state index contributed by atoms with van der Waals surface area (Å²) >= 11 is 0. The first-order valence-corrected chi connectivity index (χ1v) is 0.765. The molecule has 5 heavy (non-hydrogen) atoms. The van der Waals surface area contributed by atoms with Gasteiger partial charge in [0.1, 0.15) is 5.03 Å². The van der Waals surface area contributed by atoms with Crippen LogP contribution >= 0.6 is 0 Å². The van der Waals surface area contributed by atoms with E-state index in [2.05, 4.69) is 0 Å². The Morgan fingerprint density at radius 1 is 2.00 bits per heavy atom. The van der Waals surface area contributed by atoms with E-state index in [1.54, 1.807) is 5.22 Å². The van der Waals surface area contributed by atoms with Gasteiger partial charge in [0.05, 0.1) is 0 Å². The molecule has 1 radical (unpaired) electrons. The van der Waals surface area contributed by atoms with Crippen molar-refractivity contribution in [3.05, 3.63) is 15.6 Å². The van der Waals surface area contributed by atoms with Crippen molar-refractivity contribution < 1.29 is 5.03 Å². The summed E-state index contributed by atoms with van der Waals surface area (Å²) in [4.78, 5) is 8.76. The topological polar surface area (TPSA) is 79.5 Å². The van der Waals surface area contributed by atoms with Crippen LogP contribution in [-0.4, -0.2) is 5.03 Å². The van der Waals surface area contributed by atoms with E-state index in [1.807, 2.05) is 0 Å². The fourth-order valence-electron chi connectivity index (χ4n) is 0. The second kappa shape index (κ2) is 1.33. The molecule has 5 nitrogen and oxygen atoms in total. The third kappa shape index (κ3) is 3.00. The molecule has 0 aliphatic carbocycles. The Kier molecular flexibility index (Phi) is 1.07. The lowest BCUT2D eigenvalue weighted by molar-refractivity contribution is -0.521. The minimum atomic E-state index is -1.19. The first-order chi connectivity index (χ1) is 2.27. The Hall–Kier alpha value is -1.00. The van der Waals surface area contributed by atoms with E-state index >= 15 is 0 Å². The number of hydrogen-bond acceptors (Lipinski definition) is 2. The second-order valence-electron chi connectivity index (χ2n) is 0.327. The Labute approximate surface area is 27.2 Å². The molecule has 0 saturated heterocycles. The van der Waals surface area contributed by atoms with Crippen molar-refractivity contribution in [3.63, 3.8) is 0 Å². The zero-order valence-electron chi connectivity index (χ0n) is 2.16. The molecular weight excluding hydrogens is 74.0 g/mol. The molecule has 0 bridgehead atoms. The average Bonchev–Trinajstić information content (AvgIpc) is 1.38. The molecule has 0 spiro atoms. The molecule has 5 heteroatoms. The van der Waals surface area contributed by atoms with Gasteiger partial charge >= 0.3 is 5.22 Å². The number of hydrogen-bond donors (Lipinski definition) is 0. The van der Waals surface area contributed by atoms with E-state index in [4.69, 9.17) is 15.6 Å². The van der Waals surface area contributed by atoms with Crippen molar-refractivity contribution in [1.82, 2.24) is 5.22 Å². The smallest absolute Gasteiger partial charge is 0.392 e. The van der Waals surface area contributed by atoms with E-state index in [-0.39, 0.29) is 0 Å². The molecule has 0 aromatic carbocycles. The fraction of sp³-hybridized carbons (Fsp3) is 0. The summed E-state index contributed by atoms with van der Waals surface area (Å²) < 4.78 is 0. The predicted octanol–water partition coefficient (Wildman–Crippen LogP) is -0.465. The van der Waals surface area contributed by atoms with Crippen molar-refractivity contribution in [3.8, 4) is 0 Å². The number of rotatable bonds is 1. The summed E-state index contributed by atoms with van der Waals surface area (Å²) in [5.74, 6) is 0. The lowest BCUT2D eigenvalue weighted by atomic mass is 12.6. The third-order valence-electron chi connectivity index (χ3n) is 0.0730. The van der Waals surface area contributed by atoms with E-state index in [9.17, 15) is 0 Å². The van der Waals surface area contributed by atoms with Crippen LogP contribution in [0.25, 0.3) is 5.53 Å². The molecule has 0 saturated carbocycles. The molecular formula is N3O2. The highest BCUT2D eigenvalue weighted by Gasteiger charge is 1.77. The van der Waals surface area contributed by atoms with Crippen LogP contribution in [0.3, 0.4) is 0 Å². The minimum absolute atomic E-state index is 1.19. The van der Waals surface area contributed by atoms with Crippen LogP contribution in [0, 0.1) is 10.1 Å². The molecule has 0 unspecified atom stereocenters. The van der Waals surface area contributed by atoms with Gasteiger partial charge in [0, 0.05) is 0 Å². The van der Waals surface area contributed by atoms with Gasteiger partial charge in [-0.2, -0.15) is 0 Å². The molecule has 0 N–H and O–H groups in total. The van der Waals surface area contributed by atoms with Crippen molar-refractivity contribution in [2.75, 3.05) is 0 Å². The Bertz CT molecular complexity index is 55.9. The van der Waals surface area contributed by atoms with Gasteiger partial charge in [-0.3, -0.25) is 0 Å². The van der Waals surface area contributed by atoms with E-state index in [1.165, 1.54) is 0 Å². The highest BCUT2D eigenvalue weighted by Crippen LogP contribution is 1.43. The zero-order chi connectivity index (χ0) is 4.28. The van der Waals surface area contributed by atoms with Gasteiger partial charge in [0.2, 0.25) is 0 Å². The second-order valence-corrected chi connectivity index (χ2v) is 0.327. The zero-order valence-corrected chi connectivity index (χ0v) is 2.16. The maximum Gasteiger partial charge on any atom is 0.392 e. The van der Waals surface area contributed by atoms with Crippen LogP contribution in [0.2, 0.25) is 0 Å². The first-order valence-electron chi connectivity index (χ1n) is 0.765. The SMILES string of the molecule is [N-]=[N+][N+](=O)[O-]. The molecule has 0 rings (SSSR count). The normalized spacial score (nSPS) is 6.40. The van der Waals surface area contributed by atoms with Crippen molar-refractivity contribution in [1.29, 1.82) is 0 Å². The molecule has 0 fully saturated rings. The summed E-state index contributed by atoms with van der Waals surface area (Å²) in [5, 5.41) is 9.17. The Balaban J connectivity index is 3.20. The lowest BCUT2D eigenvalue weighted by Gasteiger charge is -1.64. The maximum absolute atomic E-state index is 8.76. The third-order valence-corrected chi connectivity index (χ3v) is 0.0730. The first kappa shape index (κ1) is 4.00. The predicted molar refractivity (Wildman–Crippen MR) is 12.5 cm³/mol. The number of nitrogens with zero attached hydrogens (tertiary/aromatic N) is 3. The van der Waals surface area contributed by atoms with Crippen LogP contribution in [0.15, 0.2) is 0 Å². The minimum Gasteiger partial charge on any atom is -0.404 e. The summed E-state index contributed by atoms with van der Waals surface area (Å²) in [6.45, 7) is 0. The summed E-state index contributed by atoms with van der Waals surface area (Å²) in [6, 6.07) is 0. The van der Waals surface area contributed by atoms with Crippen LogP contribution in [0.1, 0.15) is 0 Å². The van der Waals surface area contributed by atoms with Gasteiger partial charge < -0.3 is 10.1 Å². The number of nitro groups is 1. The Morgan fingerprint density at radius 2 is 2.20 bits per heavy atom. The summed E-state index contributed by atoms with van der Waals surface area (Å²) in [5.41, 5.74) is 7.07. The lowest BCUT2D eigenvalue weighted by Crippen LogP contribution is -1.92. The fourth-order valence-corrected chi connectivity index (χ4v) is 0. The van der Waals surface area contributed by atoms with Crippen molar-refractivity contribution >= 4 is 0 Å². The van der Waals surface area contributed by atoms with Crippen molar-refractivity contribution in [2.45, 2.75) is 0 Å². The summed E-state index contributed by atoms with van der Waals surface area (Å²) in [7, 11) is 0. The van der Waals surface area contributed by atoms with Gasteiger partial charge in [0.15, 0.2) is 0 Å². The molecule has 0 atom stereocenters. The van der Waals surface area contributed by atoms with Gasteiger partial charge in [-0.15, -0.1) is 0 Å². The van der Waals surface area contributed by atoms with E-state index in [0.29, 0.717) is 0 Å². The van der Waals surface area contributed by atoms with Gasteiger partial charge in [0.25, 0.3) is 5.53 Å². The van der Waals surface area contributed by atoms with Crippen molar-refractivity contribution in [2.24, 2.45) is 0 Å². The van der Waals surface area contributed by atoms with Crippen LogP contribution < -0.4 is 5.22 Å². The maximum atomic E-state index is 8.76. The molecule has 0 heterocycles. The van der Waals surface area contributed by atoms with Crippen LogP contribution in [-0.2, 0) is 0 Å². The molecule has 0 aliphatic heterocycles. The van der Waals surface area contributed by atoms with Crippen LogP contribution in [0.5, 0.6) is 0 Å². The van der Waals surface area contributed by atoms with Gasteiger partial charge in [-0.1, -0.05) is 0 Å². The van der Waals surface area contributed by atoms with Crippen LogP contribution in [0.4, 0.5) is 0 Å². The van der Waals surface area contributed by atoms with E-state index in [0.717, 1.165) is 0 Å². The summed E-state index contributed by atoms with van der Waals surface area (Å²) in [6.07, 6.45) is 0. The largest absolute Gasteiger partial charge is 0.404 e. The molecule has 0 aliphatic rings. The Morgan fingerprint density at radius 3 is 2.20 bits per heavy atom. The average molecular weight is 74.0 g/mol. The quantitative estimate of drug-likeness (QED) is 0.239. The standard InChI is InChI=1S/N3O2/c1-2-3(4)5. The molecule has 0 aromatic heterocycles. The van der Waals surface area contributed by atoms with Gasteiger partial charge in [-0.05, 0) is 0 Å². The monoisotopic (exact) mass is 74.0 g/mol. The van der Waals surface area contributed by atoms with E-state index < -0.39 is 5.03 Å². The molecule has 27 valence electrons. The molecule has 0 aromatic rings.